The predicted molar refractivity (Wildman–Crippen MR) is 79.2 cm³/mol. The number of nitrogens with zero attached hydrogens (tertiary/aromatic N) is 3. The van der Waals surface area contributed by atoms with E-state index < -0.39 is 0 Å². The number of rotatable bonds is 7. The van der Waals surface area contributed by atoms with Crippen molar-refractivity contribution in [3.05, 3.63) is 22.8 Å². The van der Waals surface area contributed by atoms with E-state index in [1.54, 1.807) is 0 Å². The number of aromatic amines is 1. The zero-order chi connectivity index (χ0) is 15.2. The van der Waals surface area contributed by atoms with Crippen molar-refractivity contribution in [2.45, 2.75) is 38.8 Å². The molecular weight excluding hydrogens is 290 g/mol. The lowest BCUT2D eigenvalue weighted by molar-refractivity contribution is -0.118. The zero-order valence-electron chi connectivity index (χ0n) is 12.4. The quantitative estimate of drug-likeness (QED) is 0.595. The Bertz CT molecular complexity index is 588. The van der Waals surface area contributed by atoms with Gasteiger partial charge < -0.3 is 9.84 Å². The van der Waals surface area contributed by atoms with E-state index in [9.17, 15) is 4.79 Å². The van der Waals surface area contributed by atoms with Crippen molar-refractivity contribution in [1.29, 1.82) is 0 Å². The Morgan fingerprint density at radius 3 is 2.81 bits per heavy atom. The summed E-state index contributed by atoms with van der Waals surface area (Å²) in [5.74, 6) is 1.91. The normalized spacial score (nSPS) is 10.8. The van der Waals surface area contributed by atoms with E-state index in [0.29, 0.717) is 17.5 Å². The molecule has 0 fully saturated rings. The Kier molecular flexibility index (Phi) is 5.38. The molecule has 7 nitrogen and oxygen atoms in total. The average Bonchev–Trinajstić information content (AvgIpc) is 3.00. The van der Waals surface area contributed by atoms with Crippen molar-refractivity contribution < 1.29 is 9.32 Å². The number of amides is 1. The van der Waals surface area contributed by atoms with Gasteiger partial charge >= 0.3 is 0 Å². The number of aryl methyl sites for hydroxylation is 3. The molecule has 21 heavy (non-hydrogen) atoms. The average molecular weight is 309 g/mol. The Balaban J connectivity index is 1.63. The maximum absolute atomic E-state index is 11.7. The van der Waals surface area contributed by atoms with E-state index in [2.05, 4.69) is 25.7 Å². The van der Waals surface area contributed by atoms with Crippen LogP contribution in [0.15, 0.2) is 9.68 Å². The second-order valence-corrected chi connectivity index (χ2v) is 5.69. The molecule has 2 heterocycles. The highest BCUT2D eigenvalue weighted by Crippen LogP contribution is 2.14. The lowest BCUT2D eigenvalue weighted by Gasteiger charge is -2.04. The number of hydrogen-bond acceptors (Lipinski definition) is 6. The van der Waals surface area contributed by atoms with Gasteiger partial charge in [-0.1, -0.05) is 16.9 Å². The minimum absolute atomic E-state index is 0.0128. The number of thioether (sulfide) groups is 1. The van der Waals surface area contributed by atoms with Gasteiger partial charge in [-0.05, 0) is 33.6 Å². The van der Waals surface area contributed by atoms with Crippen LogP contribution in [0.4, 0.5) is 0 Å². The topological polar surface area (TPSA) is 96.7 Å². The van der Waals surface area contributed by atoms with Crippen molar-refractivity contribution in [2.24, 2.45) is 0 Å². The van der Waals surface area contributed by atoms with Crippen LogP contribution in [-0.4, -0.2) is 38.5 Å². The Labute approximate surface area is 127 Å². The molecule has 0 bridgehead atoms. The highest BCUT2D eigenvalue weighted by atomic mass is 32.2. The summed E-state index contributed by atoms with van der Waals surface area (Å²) < 4.78 is 5.11. The molecule has 2 aromatic rings. The molecular formula is C13H19N5O2S. The number of aromatic nitrogens is 4. The van der Waals surface area contributed by atoms with E-state index >= 15 is 0 Å². The molecule has 8 heteroatoms. The molecule has 0 aliphatic carbocycles. The first-order valence-corrected chi connectivity index (χ1v) is 7.75. The van der Waals surface area contributed by atoms with Crippen molar-refractivity contribution in [2.75, 3.05) is 12.3 Å². The van der Waals surface area contributed by atoms with E-state index in [1.165, 1.54) is 11.8 Å². The Morgan fingerprint density at radius 1 is 1.38 bits per heavy atom. The van der Waals surface area contributed by atoms with Crippen LogP contribution in [0.25, 0.3) is 0 Å². The fourth-order valence-corrected chi connectivity index (χ4v) is 2.59. The van der Waals surface area contributed by atoms with Crippen molar-refractivity contribution >= 4 is 17.7 Å². The fraction of sp³-hybridized carbons (Fsp3) is 0.538. The van der Waals surface area contributed by atoms with Crippen LogP contribution in [0.1, 0.15) is 29.3 Å². The third-order valence-corrected chi connectivity index (χ3v) is 3.86. The van der Waals surface area contributed by atoms with Gasteiger partial charge in [-0.3, -0.25) is 9.89 Å². The summed E-state index contributed by atoms with van der Waals surface area (Å²) >= 11 is 1.32. The second kappa shape index (κ2) is 7.26. The molecule has 0 saturated carbocycles. The summed E-state index contributed by atoms with van der Waals surface area (Å²) in [5, 5.41) is 14.1. The first-order chi connectivity index (χ1) is 10.1. The lowest BCUT2D eigenvalue weighted by Crippen LogP contribution is -2.26. The van der Waals surface area contributed by atoms with Crippen molar-refractivity contribution in [1.82, 2.24) is 25.7 Å². The molecule has 0 unspecified atom stereocenters. The Morgan fingerprint density at radius 2 is 2.19 bits per heavy atom. The van der Waals surface area contributed by atoms with Gasteiger partial charge in [0.25, 0.3) is 0 Å². The van der Waals surface area contributed by atoms with Gasteiger partial charge in [-0.25, -0.2) is 4.98 Å². The molecule has 0 spiro atoms. The summed E-state index contributed by atoms with van der Waals surface area (Å²) in [6.07, 6.45) is 1.72. The standard InChI is InChI=1S/C13H19N5O2S/c1-8-11(9(2)20-18-8)5-4-6-14-12(19)7-21-13-15-10(3)16-17-13/h4-7H2,1-3H3,(H,14,19)(H,15,16,17). The Hall–Kier alpha value is -1.83. The summed E-state index contributed by atoms with van der Waals surface area (Å²) in [6, 6.07) is 0. The summed E-state index contributed by atoms with van der Waals surface area (Å²) in [5.41, 5.74) is 2.06. The zero-order valence-corrected chi connectivity index (χ0v) is 13.2. The van der Waals surface area contributed by atoms with E-state index in [4.69, 9.17) is 4.52 Å². The molecule has 0 aromatic carbocycles. The van der Waals surface area contributed by atoms with E-state index in [-0.39, 0.29) is 5.91 Å². The van der Waals surface area contributed by atoms with Crippen LogP contribution in [0, 0.1) is 20.8 Å². The largest absolute Gasteiger partial charge is 0.361 e. The van der Waals surface area contributed by atoms with Crippen LogP contribution >= 0.6 is 11.8 Å². The number of hydrogen-bond donors (Lipinski definition) is 2. The minimum Gasteiger partial charge on any atom is -0.361 e. The van der Waals surface area contributed by atoms with Gasteiger partial charge in [0.2, 0.25) is 11.1 Å². The minimum atomic E-state index is -0.0128. The van der Waals surface area contributed by atoms with Crippen LogP contribution in [0.2, 0.25) is 0 Å². The smallest absolute Gasteiger partial charge is 0.230 e. The molecule has 0 saturated heterocycles. The second-order valence-electron chi connectivity index (χ2n) is 4.75. The number of H-pyrrole nitrogens is 1. The van der Waals surface area contributed by atoms with E-state index in [0.717, 1.165) is 35.7 Å². The monoisotopic (exact) mass is 309 g/mol. The maximum atomic E-state index is 11.7. The van der Waals surface area contributed by atoms with Gasteiger partial charge in [0.15, 0.2) is 0 Å². The summed E-state index contributed by atoms with van der Waals surface area (Å²) in [7, 11) is 0. The first kappa shape index (κ1) is 15.6. The first-order valence-electron chi connectivity index (χ1n) is 6.76. The maximum Gasteiger partial charge on any atom is 0.230 e. The molecule has 2 aromatic heterocycles. The SMILES string of the molecule is Cc1nc(SCC(=O)NCCCc2c(C)noc2C)n[nH]1. The van der Waals surface area contributed by atoms with Crippen LogP contribution in [-0.2, 0) is 11.2 Å². The lowest BCUT2D eigenvalue weighted by atomic mass is 10.1. The summed E-state index contributed by atoms with van der Waals surface area (Å²) in [6.45, 7) is 6.30. The number of carbonyl (C=O) groups excluding carboxylic acids is 1. The van der Waals surface area contributed by atoms with Gasteiger partial charge in [0.05, 0.1) is 11.4 Å². The molecule has 114 valence electrons. The van der Waals surface area contributed by atoms with E-state index in [1.807, 2.05) is 20.8 Å². The highest BCUT2D eigenvalue weighted by molar-refractivity contribution is 7.99. The molecule has 0 radical (unpaired) electrons. The predicted octanol–water partition coefficient (Wildman–Crippen LogP) is 1.56. The molecule has 0 aliphatic heterocycles. The molecule has 0 atom stereocenters. The van der Waals surface area contributed by atoms with Crippen LogP contribution in [0.5, 0.6) is 0 Å². The number of carbonyl (C=O) groups is 1. The third kappa shape index (κ3) is 4.59. The third-order valence-electron chi connectivity index (χ3n) is 3.02. The van der Waals surface area contributed by atoms with Gasteiger partial charge in [-0.15, -0.1) is 5.10 Å². The fourth-order valence-electron chi connectivity index (χ4n) is 1.92. The van der Waals surface area contributed by atoms with Crippen molar-refractivity contribution in [3.8, 4) is 0 Å². The van der Waals surface area contributed by atoms with Crippen molar-refractivity contribution in [3.63, 3.8) is 0 Å². The van der Waals surface area contributed by atoms with Crippen LogP contribution < -0.4 is 5.32 Å². The molecule has 1 amide bonds. The highest BCUT2D eigenvalue weighted by Gasteiger charge is 2.09. The van der Waals surface area contributed by atoms with Gasteiger partial charge in [-0.2, -0.15) is 0 Å². The van der Waals surface area contributed by atoms with Crippen LogP contribution in [0.3, 0.4) is 0 Å². The molecule has 2 rings (SSSR count). The number of nitrogens with one attached hydrogen (secondary N) is 2. The molecule has 2 N–H and O–H groups in total. The summed E-state index contributed by atoms with van der Waals surface area (Å²) in [4.78, 5) is 15.8. The van der Waals surface area contributed by atoms with Gasteiger partial charge in [0.1, 0.15) is 11.6 Å². The molecule has 0 aliphatic rings. The van der Waals surface area contributed by atoms with Gasteiger partial charge in [0, 0.05) is 12.1 Å².